The number of carboxylic acid groups (broad SMARTS) is 1. The minimum absolute atomic E-state index is 0.0372. The van der Waals surface area contributed by atoms with Crippen molar-refractivity contribution in [3.05, 3.63) is 58.7 Å². The Bertz CT molecular complexity index is 1220. The number of benzene rings is 2. The normalized spacial score (nSPS) is 11.1. The van der Waals surface area contributed by atoms with E-state index in [0.717, 1.165) is 30.1 Å². The molecule has 0 aliphatic rings. The van der Waals surface area contributed by atoms with Crippen molar-refractivity contribution < 1.29 is 36.3 Å². The fourth-order valence-corrected chi connectivity index (χ4v) is 3.81. The maximum atomic E-state index is 11.5. The highest BCUT2D eigenvalue weighted by Crippen LogP contribution is 2.20. The van der Waals surface area contributed by atoms with Crippen LogP contribution in [0, 0.1) is 0 Å². The van der Waals surface area contributed by atoms with Crippen LogP contribution in [-0.4, -0.2) is 53.5 Å². The first-order valence-corrected chi connectivity index (χ1v) is 13.5. The number of hydrogen-bond acceptors (Lipinski definition) is 7. The largest absolute Gasteiger partial charge is 0.478 e. The first-order valence-electron chi connectivity index (χ1n) is 9.73. The van der Waals surface area contributed by atoms with Crippen molar-refractivity contribution in [1.82, 2.24) is 0 Å². The summed E-state index contributed by atoms with van der Waals surface area (Å²) in [5.41, 5.74) is 2.28. The summed E-state index contributed by atoms with van der Waals surface area (Å²) < 4.78 is 53.4. The van der Waals surface area contributed by atoms with E-state index in [2.05, 4.69) is 14.2 Å². The van der Waals surface area contributed by atoms with E-state index in [-0.39, 0.29) is 22.5 Å². The fourth-order valence-electron chi connectivity index (χ4n) is 2.66. The van der Waals surface area contributed by atoms with Gasteiger partial charge in [-0.05, 0) is 48.2 Å². The number of aromatic carboxylic acids is 1. The maximum Gasteiger partial charge on any atom is 0.340 e. The molecule has 0 amide bonds. The number of rotatable bonds is 8. The monoisotopic (exact) mass is 500 g/mol. The summed E-state index contributed by atoms with van der Waals surface area (Å²) in [5.74, 6) is -1.71. The Kier molecular flexibility index (Phi) is 9.86. The molecule has 0 spiro atoms. The number of carboxylic acids is 1. The second-order valence-corrected chi connectivity index (χ2v) is 10.5. The van der Waals surface area contributed by atoms with E-state index < -0.39 is 32.0 Å². The summed E-state index contributed by atoms with van der Waals surface area (Å²) in [7, 11) is -5.63. The van der Waals surface area contributed by atoms with Crippen molar-refractivity contribution in [3.8, 4) is 0 Å². The number of nitrogens with one attached hydrogen (secondary N) is 2. The molecule has 0 aliphatic carbocycles. The molecule has 0 atom stereocenters. The molecule has 2 aromatic carbocycles. The molecule has 0 saturated heterocycles. The van der Waals surface area contributed by atoms with E-state index in [1.165, 1.54) is 19.2 Å². The second kappa shape index (κ2) is 11.7. The van der Waals surface area contributed by atoms with E-state index in [4.69, 9.17) is 5.11 Å². The van der Waals surface area contributed by atoms with Crippen LogP contribution >= 0.6 is 0 Å². The lowest BCUT2D eigenvalue weighted by molar-refractivity contribution is 0.0601. The number of esters is 1. The van der Waals surface area contributed by atoms with Crippen molar-refractivity contribution in [3.63, 3.8) is 0 Å². The van der Waals surface area contributed by atoms with Gasteiger partial charge < -0.3 is 9.84 Å². The zero-order chi connectivity index (χ0) is 25.4. The van der Waals surface area contributed by atoms with Gasteiger partial charge >= 0.3 is 11.9 Å². The van der Waals surface area contributed by atoms with Gasteiger partial charge in [-0.3, -0.25) is 9.44 Å². The van der Waals surface area contributed by atoms with Crippen molar-refractivity contribution in [2.75, 3.05) is 29.1 Å². The number of carbonyl (C=O) groups is 2. The fraction of sp³-hybridized carbons (Fsp3) is 0.333. The van der Waals surface area contributed by atoms with Crippen LogP contribution in [0.25, 0.3) is 0 Å². The predicted molar refractivity (Wildman–Crippen MR) is 127 cm³/mol. The Morgan fingerprint density at radius 2 is 1.21 bits per heavy atom. The Morgan fingerprint density at radius 1 is 0.818 bits per heavy atom. The molecule has 0 unspecified atom stereocenters. The minimum atomic E-state index is -3.47. The van der Waals surface area contributed by atoms with Gasteiger partial charge in [0.2, 0.25) is 20.0 Å². The second-order valence-electron chi connectivity index (χ2n) is 7.01. The van der Waals surface area contributed by atoms with Crippen LogP contribution < -0.4 is 9.44 Å². The molecule has 0 aliphatic heterocycles. The highest BCUT2D eigenvalue weighted by Gasteiger charge is 2.15. The molecule has 0 radical (unpaired) electrons. The van der Waals surface area contributed by atoms with Gasteiger partial charge in [0.25, 0.3) is 0 Å². The number of anilines is 2. The third-order valence-electron chi connectivity index (χ3n) is 4.21. The van der Waals surface area contributed by atoms with Gasteiger partial charge in [-0.2, -0.15) is 0 Å². The predicted octanol–water partition coefficient (Wildman–Crippen LogP) is 2.73. The molecule has 0 heterocycles. The van der Waals surface area contributed by atoms with Gasteiger partial charge in [0.15, 0.2) is 0 Å². The van der Waals surface area contributed by atoms with E-state index in [1.54, 1.807) is 24.3 Å². The SMILES string of the molecule is CCc1ccc(NS(C)(=O)=O)c(C(=O)O)c1.CCc1ccc(NS(C)(=O)=O)c(C(=O)OC)c1. The Labute approximate surface area is 194 Å². The molecule has 2 aromatic rings. The molecule has 2 rings (SSSR count). The first kappa shape index (κ1) is 27.9. The number of methoxy groups -OCH3 is 1. The molecular weight excluding hydrogens is 472 g/mol. The molecule has 0 aromatic heterocycles. The summed E-state index contributed by atoms with van der Waals surface area (Å²) in [6.07, 6.45) is 3.46. The van der Waals surface area contributed by atoms with Crippen LogP contribution in [0.4, 0.5) is 11.4 Å². The molecule has 3 N–H and O–H groups in total. The lowest BCUT2D eigenvalue weighted by atomic mass is 10.1. The molecular formula is C21H28N2O8S2. The van der Waals surface area contributed by atoms with Gasteiger partial charge in [0, 0.05) is 0 Å². The average Bonchev–Trinajstić information content (AvgIpc) is 2.72. The summed E-state index contributed by atoms with van der Waals surface area (Å²) in [4.78, 5) is 22.5. The maximum absolute atomic E-state index is 11.5. The number of ether oxygens (including phenoxy) is 1. The third-order valence-corrected chi connectivity index (χ3v) is 5.39. The number of hydrogen-bond donors (Lipinski definition) is 3. The summed E-state index contributed by atoms with van der Waals surface area (Å²) in [6.45, 7) is 3.84. The zero-order valence-corrected chi connectivity index (χ0v) is 20.6. The van der Waals surface area contributed by atoms with E-state index in [9.17, 15) is 26.4 Å². The Morgan fingerprint density at radius 3 is 1.55 bits per heavy atom. The third kappa shape index (κ3) is 9.49. The number of aryl methyl sites for hydroxylation is 2. The standard InChI is InChI=1S/C11H15NO4S.C10H13NO4S/c1-4-8-5-6-10(12-17(3,14)15)9(7-8)11(13)16-2;1-3-7-4-5-9(11-16(2,14)15)8(6-7)10(12)13/h5-7,12H,4H2,1-3H3;4-6,11H,3H2,1-2H3,(H,12,13). The lowest BCUT2D eigenvalue weighted by Crippen LogP contribution is -2.14. The van der Waals surface area contributed by atoms with E-state index >= 15 is 0 Å². The minimum Gasteiger partial charge on any atom is -0.478 e. The van der Waals surface area contributed by atoms with Crippen LogP contribution in [0.1, 0.15) is 45.7 Å². The van der Waals surface area contributed by atoms with Crippen LogP contribution in [0.5, 0.6) is 0 Å². The van der Waals surface area contributed by atoms with Gasteiger partial charge in [-0.15, -0.1) is 0 Å². The van der Waals surface area contributed by atoms with Crippen LogP contribution in [0.3, 0.4) is 0 Å². The van der Waals surface area contributed by atoms with Crippen molar-refractivity contribution in [1.29, 1.82) is 0 Å². The topological polar surface area (TPSA) is 156 Å². The molecule has 33 heavy (non-hydrogen) atoms. The highest BCUT2D eigenvalue weighted by molar-refractivity contribution is 7.92. The first-order chi connectivity index (χ1) is 15.2. The van der Waals surface area contributed by atoms with Crippen molar-refractivity contribution in [2.24, 2.45) is 0 Å². The summed E-state index contributed by atoms with van der Waals surface area (Å²) in [5, 5.41) is 8.95. The summed E-state index contributed by atoms with van der Waals surface area (Å²) >= 11 is 0. The van der Waals surface area contributed by atoms with Gasteiger partial charge in [-0.1, -0.05) is 26.0 Å². The lowest BCUT2D eigenvalue weighted by Gasteiger charge is -2.10. The molecule has 10 nitrogen and oxygen atoms in total. The summed E-state index contributed by atoms with van der Waals surface area (Å²) in [6, 6.07) is 9.57. The average molecular weight is 501 g/mol. The highest BCUT2D eigenvalue weighted by atomic mass is 32.2. The quantitative estimate of drug-likeness (QED) is 0.467. The van der Waals surface area contributed by atoms with Crippen LogP contribution in [-0.2, 0) is 37.6 Å². The van der Waals surface area contributed by atoms with Crippen molar-refractivity contribution in [2.45, 2.75) is 26.7 Å². The van der Waals surface area contributed by atoms with Gasteiger partial charge in [0.1, 0.15) is 0 Å². The van der Waals surface area contributed by atoms with Gasteiger partial charge in [0.05, 0.1) is 42.1 Å². The number of sulfonamides is 2. The molecule has 0 bridgehead atoms. The smallest absolute Gasteiger partial charge is 0.340 e. The van der Waals surface area contributed by atoms with Crippen LogP contribution in [0.2, 0.25) is 0 Å². The van der Waals surface area contributed by atoms with E-state index in [0.29, 0.717) is 6.42 Å². The van der Waals surface area contributed by atoms with Crippen LogP contribution in [0.15, 0.2) is 36.4 Å². The Balaban J connectivity index is 0.000000331. The van der Waals surface area contributed by atoms with Crippen molar-refractivity contribution >= 4 is 43.4 Å². The van der Waals surface area contributed by atoms with E-state index in [1.807, 2.05) is 13.8 Å². The molecule has 182 valence electrons. The molecule has 12 heteroatoms. The number of carbonyl (C=O) groups excluding carboxylic acids is 1. The molecule has 0 saturated carbocycles. The zero-order valence-electron chi connectivity index (χ0n) is 19.0. The molecule has 0 fully saturated rings. The Hall–Kier alpha value is -3.12. The van der Waals surface area contributed by atoms with Gasteiger partial charge in [-0.25, -0.2) is 26.4 Å².